The summed E-state index contributed by atoms with van der Waals surface area (Å²) in [5.41, 5.74) is 5.07. The van der Waals surface area contributed by atoms with Crippen LogP contribution in [-0.4, -0.2) is 43.8 Å². The molecule has 6 aromatic rings. The molecule has 4 heterocycles. The van der Waals surface area contributed by atoms with Gasteiger partial charge in [-0.15, -0.1) is 0 Å². The van der Waals surface area contributed by atoms with E-state index in [4.69, 9.17) is 9.72 Å². The number of amides is 1. The number of nitrogens with one attached hydrogen (secondary N) is 1. The molecule has 7 rings (SSSR count). The summed E-state index contributed by atoms with van der Waals surface area (Å²) >= 11 is 1.23. The molecule has 0 saturated heterocycles. The van der Waals surface area contributed by atoms with E-state index in [0.29, 0.717) is 58.3 Å². The Bertz CT molecular complexity index is 2150. The fourth-order valence-electron chi connectivity index (χ4n) is 5.81. The number of pyridine rings is 1. The van der Waals surface area contributed by atoms with Crippen molar-refractivity contribution in [3.05, 3.63) is 125 Å². The van der Waals surface area contributed by atoms with Crippen LogP contribution in [0.4, 0.5) is 15.3 Å². The van der Waals surface area contributed by atoms with E-state index >= 15 is 0 Å². The third kappa shape index (κ3) is 6.68. The number of halogens is 1. The maximum Gasteiger partial charge on any atom is 0.358 e. The Morgan fingerprint density at radius 1 is 1.00 bits per heavy atom. The molecular weight excluding hydrogens is 628 g/mol. The molecule has 0 unspecified atom stereocenters. The lowest BCUT2D eigenvalue weighted by Crippen LogP contribution is -2.33. The summed E-state index contributed by atoms with van der Waals surface area (Å²) in [5.74, 6) is -0.567. The molecule has 0 bridgehead atoms. The molecule has 1 amide bonds. The zero-order chi connectivity index (χ0) is 33.4. The van der Waals surface area contributed by atoms with Gasteiger partial charge in [0, 0.05) is 36.0 Å². The molecule has 3 aromatic heterocycles. The summed E-state index contributed by atoms with van der Waals surface area (Å²) in [4.78, 5) is 38.5. The third-order valence-electron chi connectivity index (χ3n) is 8.02. The van der Waals surface area contributed by atoms with Gasteiger partial charge in [-0.1, -0.05) is 53.8 Å². The fourth-order valence-corrected chi connectivity index (χ4v) is 6.69. The number of thiazole rings is 1. The number of carbonyl (C=O) groups excluding carboxylic acids is 2. The highest BCUT2D eigenvalue weighted by molar-refractivity contribution is 7.22. The van der Waals surface area contributed by atoms with Gasteiger partial charge in [-0.05, 0) is 80.3 Å². The number of esters is 1. The predicted molar refractivity (Wildman–Crippen MR) is 185 cm³/mol. The van der Waals surface area contributed by atoms with E-state index in [-0.39, 0.29) is 17.4 Å². The maximum atomic E-state index is 13.7. The number of aromatic nitrogens is 4. The van der Waals surface area contributed by atoms with Crippen LogP contribution in [0, 0.1) is 5.82 Å². The van der Waals surface area contributed by atoms with Crippen LogP contribution >= 0.6 is 11.3 Å². The standard InChI is InChI=1S/C37H33FN6O3S/c1-37(2,3)47-35(46)33-27(25-19-39-44(21-25)20-23-8-5-4-6-9-23)13-15-32(41-33)43-17-16-24-10-7-11-28(29(24)22-43)34(45)42-36-40-30-14-12-26(38)18-31(30)48-36/h4-15,18-19,21H,16-17,20,22H2,1-3H3,(H,40,42,45). The minimum Gasteiger partial charge on any atom is -0.455 e. The lowest BCUT2D eigenvalue weighted by molar-refractivity contribution is 0.00638. The van der Waals surface area contributed by atoms with Gasteiger partial charge in [-0.2, -0.15) is 5.10 Å². The van der Waals surface area contributed by atoms with Gasteiger partial charge in [0.2, 0.25) is 0 Å². The van der Waals surface area contributed by atoms with Crippen LogP contribution in [0.15, 0.2) is 91.3 Å². The smallest absolute Gasteiger partial charge is 0.358 e. The van der Waals surface area contributed by atoms with E-state index in [9.17, 15) is 14.0 Å². The fraction of sp³-hybridized carbons (Fsp3) is 0.216. The highest BCUT2D eigenvalue weighted by atomic mass is 32.1. The number of carbonyl (C=O) groups is 2. The highest BCUT2D eigenvalue weighted by Gasteiger charge is 2.27. The van der Waals surface area contributed by atoms with Crippen LogP contribution in [0.3, 0.4) is 0 Å². The lowest BCUT2D eigenvalue weighted by Gasteiger charge is -2.31. The quantitative estimate of drug-likeness (QED) is 0.177. The minimum absolute atomic E-state index is 0.200. The van der Waals surface area contributed by atoms with Crippen LogP contribution in [0.5, 0.6) is 0 Å². The largest absolute Gasteiger partial charge is 0.455 e. The van der Waals surface area contributed by atoms with Crippen molar-refractivity contribution in [1.29, 1.82) is 0 Å². The van der Waals surface area contributed by atoms with E-state index < -0.39 is 11.6 Å². The minimum atomic E-state index is -0.715. The van der Waals surface area contributed by atoms with Crippen molar-refractivity contribution in [1.82, 2.24) is 19.7 Å². The first kappa shape index (κ1) is 31.2. The Hall–Kier alpha value is -5.42. The molecule has 0 atom stereocenters. The molecule has 3 aromatic carbocycles. The zero-order valence-corrected chi connectivity index (χ0v) is 27.6. The molecule has 0 fully saturated rings. The maximum absolute atomic E-state index is 13.7. The van der Waals surface area contributed by atoms with Crippen molar-refractivity contribution in [3.63, 3.8) is 0 Å². The van der Waals surface area contributed by atoms with Crippen molar-refractivity contribution in [2.45, 2.75) is 45.9 Å². The molecule has 242 valence electrons. The molecule has 1 aliphatic heterocycles. The van der Waals surface area contributed by atoms with Crippen LogP contribution < -0.4 is 10.2 Å². The monoisotopic (exact) mass is 660 g/mol. The van der Waals surface area contributed by atoms with Gasteiger partial charge in [-0.25, -0.2) is 19.2 Å². The topological polar surface area (TPSA) is 102 Å². The summed E-state index contributed by atoms with van der Waals surface area (Å²) < 4.78 is 22.0. The summed E-state index contributed by atoms with van der Waals surface area (Å²) in [6.07, 6.45) is 4.33. The second kappa shape index (κ2) is 12.6. The zero-order valence-electron chi connectivity index (χ0n) is 26.7. The molecule has 0 aliphatic carbocycles. The molecule has 11 heteroatoms. The Labute approximate surface area is 281 Å². The van der Waals surface area contributed by atoms with E-state index in [1.807, 2.05) is 86.2 Å². The Kier molecular flexibility index (Phi) is 8.22. The van der Waals surface area contributed by atoms with Gasteiger partial charge in [-0.3, -0.25) is 14.8 Å². The van der Waals surface area contributed by atoms with E-state index in [0.717, 1.165) is 22.3 Å². The van der Waals surface area contributed by atoms with Gasteiger partial charge >= 0.3 is 5.97 Å². The van der Waals surface area contributed by atoms with Crippen molar-refractivity contribution in [2.24, 2.45) is 0 Å². The highest BCUT2D eigenvalue weighted by Crippen LogP contribution is 2.32. The number of anilines is 2. The first-order valence-electron chi connectivity index (χ1n) is 15.6. The second-order valence-corrected chi connectivity index (χ2v) is 13.7. The Morgan fingerprint density at radius 3 is 2.65 bits per heavy atom. The number of nitrogens with zero attached hydrogens (tertiary/aromatic N) is 5. The molecule has 48 heavy (non-hydrogen) atoms. The van der Waals surface area contributed by atoms with Gasteiger partial charge in [0.25, 0.3) is 5.91 Å². The predicted octanol–water partition coefficient (Wildman–Crippen LogP) is 7.51. The molecule has 0 saturated carbocycles. The van der Waals surface area contributed by atoms with Crippen molar-refractivity contribution in [3.8, 4) is 11.1 Å². The molecule has 1 N–H and O–H groups in total. The van der Waals surface area contributed by atoms with E-state index in [1.54, 1.807) is 18.3 Å². The normalized spacial score (nSPS) is 13.0. The van der Waals surface area contributed by atoms with Gasteiger partial charge < -0.3 is 9.64 Å². The Balaban J connectivity index is 1.17. The third-order valence-corrected chi connectivity index (χ3v) is 8.95. The first-order chi connectivity index (χ1) is 23.1. The summed E-state index contributed by atoms with van der Waals surface area (Å²) in [6.45, 7) is 7.14. The van der Waals surface area contributed by atoms with Crippen LogP contribution in [0.25, 0.3) is 21.3 Å². The molecule has 9 nitrogen and oxygen atoms in total. The van der Waals surface area contributed by atoms with Gasteiger partial charge in [0.1, 0.15) is 17.2 Å². The average Bonchev–Trinajstić information content (AvgIpc) is 3.69. The molecule has 0 radical (unpaired) electrons. The number of ether oxygens (including phenoxy) is 1. The van der Waals surface area contributed by atoms with Crippen LogP contribution in [0.2, 0.25) is 0 Å². The molecule has 1 aliphatic rings. The average molecular weight is 661 g/mol. The molecule has 0 spiro atoms. The van der Waals surface area contributed by atoms with Crippen LogP contribution in [0.1, 0.15) is 58.3 Å². The van der Waals surface area contributed by atoms with Gasteiger partial charge in [0.15, 0.2) is 10.8 Å². The Morgan fingerprint density at radius 2 is 1.83 bits per heavy atom. The van der Waals surface area contributed by atoms with E-state index in [2.05, 4.69) is 20.3 Å². The summed E-state index contributed by atoms with van der Waals surface area (Å²) in [7, 11) is 0. The number of benzene rings is 3. The first-order valence-corrected chi connectivity index (χ1v) is 16.5. The van der Waals surface area contributed by atoms with Gasteiger partial charge in [0.05, 0.1) is 23.0 Å². The summed E-state index contributed by atoms with van der Waals surface area (Å²) in [6, 6.07) is 23.9. The van der Waals surface area contributed by atoms with Crippen molar-refractivity contribution in [2.75, 3.05) is 16.8 Å². The van der Waals surface area contributed by atoms with Crippen molar-refractivity contribution >= 4 is 44.4 Å². The molecular formula is C37H33FN6O3S. The number of hydrogen-bond donors (Lipinski definition) is 1. The van der Waals surface area contributed by atoms with E-state index in [1.165, 1.54) is 23.5 Å². The lowest BCUT2D eigenvalue weighted by atomic mass is 9.94. The SMILES string of the molecule is CC(C)(C)OC(=O)c1nc(N2CCc3cccc(C(=O)Nc4nc5ccc(F)cc5s4)c3C2)ccc1-c1cnn(Cc2ccccc2)c1. The second-order valence-electron chi connectivity index (χ2n) is 12.7. The van der Waals surface area contributed by atoms with Crippen LogP contribution in [-0.2, 0) is 24.2 Å². The number of hydrogen-bond acceptors (Lipinski definition) is 8. The van der Waals surface area contributed by atoms with Crippen molar-refractivity contribution < 1.29 is 18.7 Å². The number of rotatable bonds is 7. The summed E-state index contributed by atoms with van der Waals surface area (Å²) in [5, 5.41) is 7.84. The number of fused-ring (bicyclic) bond motifs is 2.